The number of fused-ring (bicyclic) bond motifs is 7. The fourth-order valence-corrected chi connectivity index (χ4v) is 14.4. The summed E-state index contributed by atoms with van der Waals surface area (Å²) in [5.41, 5.74) is -0.167. The molecule has 9 rings (SSSR count). The molecule has 4 heterocycles. The van der Waals surface area contributed by atoms with Crippen LogP contribution in [-0.2, 0) is 33.5 Å². The quantitative estimate of drug-likeness (QED) is 0.184. The van der Waals surface area contributed by atoms with Gasteiger partial charge in [0.15, 0.2) is 18.2 Å². The number of carboxylic acids is 1. The molecule has 1 spiro atoms. The highest BCUT2D eigenvalue weighted by Crippen LogP contribution is 2.68. The molecule has 50 heavy (non-hydrogen) atoms. The van der Waals surface area contributed by atoms with Crippen molar-refractivity contribution in [1.82, 2.24) is 0 Å². The van der Waals surface area contributed by atoms with Gasteiger partial charge in [-0.1, -0.05) is 34.6 Å². The molecule has 5 saturated carbocycles. The van der Waals surface area contributed by atoms with E-state index in [2.05, 4.69) is 34.6 Å². The zero-order valence-corrected chi connectivity index (χ0v) is 31.6. The number of aliphatic hydroxyl groups is 1. The second-order valence-corrected chi connectivity index (χ2v) is 19.3. The average Bonchev–Trinajstić information content (AvgIpc) is 3.28. The van der Waals surface area contributed by atoms with Gasteiger partial charge in [0, 0.05) is 24.7 Å². The molecule has 9 fully saturated rings. The number of rotatable bonds is 9. The third-order valence-corrected chi connectivity index (χ3v) is 17.0. The van der Waals surface area contributed by atoms with Gasteiger partial charge < -0.3 is 29.2 Å². The molecule has 0 amide bonds. The Balaban J connectivity index is 0.858. The lowest BCUT2D eigenvalue weighted by atomic mass is 9.43. The molecule has 2 bridgehead atoms. The van der Waals surface area contributed by atoms with Gasteiger partial charge in [-0.3, -0.25) is 4.79 Å². The Kier molecular flexibility index (Phi) is 9.55. The molecule has 0 aromatic heterocycles. The molecule has 9 nitrogen and oxygen atoms in total. The lowest BCUT2D eigenvalue weighted by Gasteiger charge is -2.62. The van der Waals surface area contributed by atoms with Crippen molar-refractivity contribution < 1.29 is 43.7 Å². The maximum absolute atomic E-state index is 11.8. The Morgan fingerprint density at radius 1 is 0.820 bits per heavy atom. The summed E-state index contributed by atoms with van der Waals surface area (Å²) >= 11 is 0. The van der Waals surface area contributed by atoms with Gasteiger partial charge in [-0.05, 0) is 142 Å². The lowest BCUT2D eigenvalue weighted by Crippen LogP contribution is -2.70. The Labute approximate surface area is 300 Å². The van der Waals surface area contributed by atoms with Crippen LogP contribution in [0.3, 0.4) is 0 Å². The van der Waals surface area contributed by atoms with Crippen molar-refractivity contribution in [3.8, 4) is 0 Å². The van der Waals surface area contributed by atoms with E-state index in [4.69, 9.17) is 28.7 Å². The highest BCUT2D eigenvalue weighted by molar-refractivity contribution is 5.66. The zero-order valence-electron chi connectivity index (χ0n) is 31.6. The van der Waals surface area contributed by atoms with Gasteiger partial charge in [0.05, 0.1) is 25.4 Å². The molecule has 0 radical (unpaired) electrons. The maximum Gasteiger partial charge on any atom is 0.303 e. The molecule has 9 aliphatic rings. The lowest BCUT2D eigenvalue weighted by molar-refractivity contribution is -0.577. The summed E-state index contributed by atoms with van der Waals surface area (Å²) in [5, 5.41) is 21.1. The molecule has 4 saturated heterocycles. The molecule has 8 unspecified atom stereocenters. The van der Waals surface area contributed by atoms with E-state index in [1.807, 2.05) is 6.92 Å². The first-order chi connectivity index (χ1) is 23.8. The Bertz CT molecular complexity index is 1260. The van der Waals surface area contributed by atoms with E-state index in [9.17, 15) is 15.0 Å². The fraction of sp³-hybridized carbons (Fsp3) is 0.976. The topological polar surface area (TPSA) is 113 Å². The third kappa shape index (κ3) is 5.68. The minimum absolute atomic E-state index is 0.141. The van der Waals surface area contributed by atoms with Crippen molar-refractivity contribution in [1.29, 1.82) is 0 Å². The summed E-state index contributed by atoms with van der Waals surface area (Å²) in [6.07, 6.45) is 13.0. The van der Waals surface area contributed by atoms with E-state index in [1.54, 1.807) is 0 Å². The van der Waals surface area contributed by atoms with Crippen molar-refractivity contribution in [2.75, 3.05) is 13.2 Å². The van der Waals surface area contributed by atoms with Crippen molar-refractivity contribution in [3.63, 3.8) is 0 Å². The van der Waals surface area contributed by atoms with Crippen LogP contribution < -0.4 is 0 Å². The minimum atomic E-state index is -0.788. The van der Waals surface area contributed by atoms with Gasteiger partial charge in [-0.15, -0.1) is 0 Å². The van der Waals surface area contributed by atoms with E-state index in [-0.39, 0.29) is 53.5 Å². The fourth-order valence-electron chi connectivity index (χ4n) is 14.4. The Hall–Kier alpha value is -0.810. The number of hydrogen-bond donors (Lipinski definition) is 2. The standard InChI is InChI=1S/C41H66O9/c1-23(8-12-35(43)44)28-10-11-31-27-22-34(42)33-21-26(13-16-39(33,5)32(27)14-17-38(28,31)4)45-19-20-46-36-25(3)30-9-7-24(2)29-15-18-40(6)48-37(47-36)41(29,30)50-49-40/h23-34,36-37,42H,7-22H2,1-6H3,(H,43,44)/t23-,24-,25-,26-,27?,28-,29?,30?,31?,32?,33?,34+,36?,37?,38-,39-,40+,41-/m1/s1. The number of carboxylic acid groups (broad SMARTS) is 1. The van der Waals surface area contributed by atoms with Gasteiger partial charge in [0.2, 0.25) is 5.79 Å². The smallest absolute Gasteiger partial charge is 0.303 e. The van der Waals surface area contributed by atoms with Crippen molar-refractivity contribution >= 4 is 5.97 Å². The molecule has 2 N–H and O–H groups in total. The average molecular weight is 703 g/mol. The molecule has 5 aliphatic carbocycles. The second-order valence-electron chi connectivity index (χ2n) is 19.3. The van der Waals surface area contributed by atoms with Crippen LogP contribution in [-0.4, -0.2) is 65.6 Å². The summed E-state index contributed by atoms with van der Waals surface area (Å²) in [4.78, 5) is 23.6. The van der Waals surface area contributed by atoms with Gasteiger partial charge >= 0.3 is 5.97 Å². The molecule has 9 heteroatoms. The Morgan fingerprint density at radius 3 is 2.34 bits per heavy atom. The molecule has 284 valence electrons. The minimum Gasteiger partial charge on any atom is -0.481 e. The molecular weight excluding hydrogens is 636 g/mol. The largest absolute Gasteiger partial charge is 0.481 e. The highest BCUT2D eigenvalue weighted by atomic mass is 17.3. The number of carbonyl (C=O) groups is 1. The van der Waals surface area contributed by atoms with Crippen LogP contribution in [0.15, 0.2) is 0 Å². The summed E-state index contributed by atoms with van der Waals surface area (Å²) in [5.74, 6) is 2.97. The van der Waals surface area contributed by atoms with Crippen LogP contribution in [0.2, 0.25) is 0 Å². The van der Waals surface area contributed by atoms with Crippen molar-refractivity contribution in [2.24, 2.45) is 70.0 Å². The molecule has 0 aromatic carbocycles. The first-order valence-electron chi connectivity index (χ1n) is 20.6. The third-order valence-electron chi connectivity index (χ3n) is 17.0. The van der Waals surface area contributed by atoms with E-state index < -0.39 is 23.6 Å². The van der Waals surface area contributed by atoms with E-state index >= 15 is 0 Å². The summed E-state index contributed by atoms with van der Waals surface area (Å²) in [6.45, 7) is 14.8. The van der Waals surface area contributed by atoms with Crippen LogP contribution in [0, 0.1) is 70.0 Å². The molecule has 0 aromatic rings. The predicted molar refractivity (Wildman–Crippen MR) is 185 cm³/mol. The van der Waals surface area contributed by atoms with Gasteiger partial charge in [0.1, 0.15) is 0 Å². The van der Waals surface area contributed by atoms with Gasteiger partial charge in [-0.25, -0.2) is 9.78 Å². The van der Waals surface area contributed by atoms with Crippen LogP contribution in [0.1, 0.15) is 131 Å². The maximum atomic E-state index is 11.8. The number of ether oxygens (including phenoxy) is 4. The monoisotopic (exact) mass is 702 g/mol. The zero-order chi connectivity index (χ0) is 35.2. The highest BCUT2D eigenvalue weighted by Gasteiger charge is 2.69. The number of aliphatic carboxylic acids is 1. The van der Waals surface area contributed by atoms with Crippen LogP contribution in [0.5, 0.6) is 0 Å². The second kappa shape index (κ2) is 13.2. The van der Waals surface area contributed by atoms with Crippen LogP contribution in [0.4, 0.5) is 0 Å². The van der Waals surface area contributed by atoms with Gasteiger partial charge in [-0.2, -0.15) is 0 Å². The van der Waals surface area contributed by atoms with E-state index in [1.165, 1.54) is 32.1 Å². The summed E-state index contributed by atoms with van der Waals surface area (Å²) in [7, 11) is 0. The molecule has 4 aliphatic heterocycles. The molecule has 18 atom stereocenters. The Morgan fingerprint density at radius 2 is 1.54 bits per heavy atom. The van der Waals surface area contributed by atoms with Crippen LogP contribution >= 0.6 is 0 Å². The number of hydrogen-bond acceptors (Lipinski definition) is 8. The summed E-state index contributed by atoms with van der Waals surface area (Å²) < 4.78 is 26.1. The van der Waals surface area contributed by atoms with Crippen LogP contribution in [0.25, 0.3) is 0 Å². The predicted octanol–water partition coefficient (Wildman–Crippen LogP) is 7.73. The first kappa shape index (κ1) is 36.2. The van der Waals surface area contributed by atoms with E-state index in [0.717, 1.165) is 51.4 Å². The van der Waals surface area contributed by atoms with Crippen molar-refractivity contribution in [2.45, 2.75) is 168 Å². The van der Waals surface area contributed by atoms with E-state index in [0.29, 0.717) is 54.6 Å². The number of aliphatic hydroxyl groups excluding tert-OH is 1. The normalized spacial score (nSPS) is 54.5. The summed E-state index contributed by atoms with van der Waals surface area (Å²) in [6, 6.07) is 0. The van der Waals surface area contributed by atoms with Crippen molar-refractivity contribution in [3.05, 3.63) is 0 Å². The first-order valence-corrected chi connectivity index (χ1v) is 20.6. The van der Waals surface area contributed by atoms with Gasteiger partial charge in [0.25, 0.3) is 0 Å². The molecular formula is C41H66O9. The SMILES string of the molecule is C[C@H]1C(OCCO[C@@H]2CC[C@]3(C)C4CC[C@@]5(C)C(CC[C@@H]5[C@H](C)CCC(=O)O)C4C[C@H](O)C3C2)OC2O[C@]3(C)CCC4[C@H](C)CCC1[C@@]24OO3.